The van der Waals surface area contributed by atoms with E-state index in [0.717, 1.165) is 47.3 Å². The normalized spacial score (nSPS) is 24.4. The first kappa shape index (κ1) is 14.7. The Kier molecular flexibility index (Phi) is 3.05. The summed E-state index contributed by atoms with van der Waals surface area (Å²) < 4.78 is 0. The maximum atomic E-state index is 13.1. The third-order valence-electron chi connectivity index (χ3n) is 5.82. The van der Waals surface area contributed by atoms with Crippen molar-refractivity contribution in [2.24, 2.45) is 0 Å². The molecule has 0 spiro atoms. The van der Waals surface area contributed by atoms with E-state index >= 15 is 0 Å². The highest BCUT2D eigenvalue weighted by Crippen LogP contribution is 2.51. The van der Waals surface area contributed by atoms with Gasteiger partial charge in [-0.2, -0.15) is 0 Å². The third-order valence-corrected chi connectivity index (χ3v) is 5.82. The largest absolute Gasteiger partial charge is 0.335 e. The van der Waals surface area contributed by atoms with Gasteiger partial charge in [0.15, 0.2) is 0 Å². The van der Waals surface area contributed by atoms with Crippen LogP contribution in [0.1, 0.15) is 58.4 Å². The number of carbonyl (C=O) groups excluding carboxylic acids is 2. The molecule has 3 heterocycles. The van der Waals surface area contributed by atoms with Gasteiger partial charge in [0, 0.05) is 24.2 Å². The van der Waals surface area contributed by atoms with Crippen LogP contribution in [0, 0.1) is 6.92 Å². The second-order valence-electron chi connectivity index (χ2n) is 7.28. The molecule has 2 aromatic rings. The fourth-order valence-electron chi connectivity index (χ4n) is 4.69. The summed E-state index contributed by atoms with van der Waals surface area (Å²) in [5, 5.41) is 0. The second kappa shape index (κ2) is 5.19. The SMILES string of the molecule is Cc1ccc2c(c1)C(=O)N1c3ccccc3[C@@H](N3CCCC3=O)C[C@@H]21. The summed E-state index contributed by atoms with van der Waals surface area (Å²) in [6.07, 6.45) is 2.35. The first-order chi connectivity index (χ1) is 12.1. The zero-order valence-electron chi connectivity index (χ0n) is 14.2. The number of amides is 2. The summed E-state index contributed by atoms with van der Waals surface area (Å²) >= 11 is 0. The lowest BCUT2D eigenvalue weighted by Crippen LogP contribution is -2.40. The average Bonchev–Trinajstić information content (AvgIpc) is 3.16. The van der Waals surface area contributed by atoms with Crippen LogP contribution in [-0.2, 0) is 4.79 Å². The van der Waals surface area contributed by atoms with Crippen LogP contribution in [0.15, 0.2) is 42.5 Å². The Balaban J connectivity index is 1.67. The van der Waals surface area contributed by atoms with Crippen molar-refractivity contribution < 1.29 is 9.59 Å². The molecule has 0 N–H and O–H groups in total. The molecule has 3 aliphatic rings. The minimum absolute atomic E-state index is 0.0244. The molecule has 4 nitrogen and oxygen atoms in total. The molecule has 25 heavy (non-hydrogen) atoms. The molecule has 0 aliphatic carbocycles. The van der Waals surface area contributed by atoms with Gasteiger partial charge in [-0.1, -0.05) is 35.9 Å². The van der Waals surface area contributed by atoms with Crippen molar-refractivity contribution >= 4 is 17.5 Å². The molecule has 2 aromatic carbocycles. The van der Waals surface area contributed by atoms with Crippen molar-refractivity contribution in [3.05, 3.63) is 64.7 Å². The highest BCUT2D eigenvalue weighted by Gasteiger charge is 2.46. The lowest BCUT2D eigenvalue weighted by atomic mass is 9.88. The highest BCUT2D eigenvalue weighted by atomic mass is 16.2. The number of para-hydroxylation sites is 1. The molecule has 126 valence electrons. The molecular weight excluding hydrogens is 312 g/mol. The number of aryl methyl sites for hydroxylation is 1. The first-order valence-corrected chi connectivity index (χ1v) is 8.97. The fraction of sp³-hybridized carbons (Fsp3) is 0.333. The molecule has 0 unspecified atom stereocenters. The Morgan fingerprint density at radius 2 is 1.84 bits per heavy atom. The summed E-state index contributed by atoms with van der Waals surface area (Å²) in [6, 6.07) is 14.3. The van der Waals surface area contributed by atoms with E-state index in [2.05, 4.69) is 18.2 Å². The van der Waals surface area contributed by atoms with Gasteiger partial charge in [0.2, 0.25) is 5.91 Å². The molecule has 0 radical (unpaired) electrons. The van der Waals surface area contributed by atoms with E-state index < -0.39 is 0 Å². The topological polar surface area (TPSA) is 40.6 Å². The Bertz CT molecular complexity index is 905. The highest BCUT2D eigenvalue weighted by molar-refractivity contribution is 6.12. The van der Waals surface area contributed by atoms with Crippen LogP contribution in [0.2, 0.25) is 0 Å². The maximum Gasteiger partial charge on any atom is 0.259 e. The summed E-state index contributed by atoms with van der Waals surface area (Å²) in [5.74, 6) is 0.323. The molecular formula is C21H20N2O2. The van der Waals surface area contributed by atoms with Crippen LogP contribution < -0.4 is 4.90 Å². The number of fused-ring (bicyclic) bond motifs is 5. The van der Waals surface area contributed by atoms with Crippen molar-refractivity contribution in [1.29, 1.82) is 0 Å². The van der Waals surface area contributed by atoms with Crippen molar-refractivity contribution in [3.63, 3.8) is 0 Å². The van der Waals surface area contributed by atoms with Gasteiger partial charge >= 0.3 is 0 Å². The Labute approximate surface area is 147 Å². The lowest BCUT2D eigenvalue weighted by Gasteiger charge is -2.40. The average molecular weight is 332 g/mol. The Morgan fingerprint density at radius 3 is 2.64 bits per heavy atom. The monoisotopic (exact) mass is 332 g/mol. The van der Waals surface area contributed by atoms with E-state index in [1.807, 2.05) is 41.0 Å². The number of likely N-dealkylation sites (tertiary alicyclic amines) is 1. The van der Waals surface area contributed by atoms with Crippen LogP contribution in [0.3, 0.4) is 0 Å². The zero-order valence-corrected chi connectivity index (χ0v) is 14.2. The van der Waals surface area contributed by atoms with Crippen LogP contribution in [-0.4, -0.2) is 23.3 Å². The Morgan fingerprint density at radius 1 is 1.00 bits per heavy atom. The number of hydrogen-bond acceptors (Lipinski definition) is 2. The van der Waals surface area contributed by atoms with E-state index in [-0.39, 0.29) is 23.9 Å². The minimum Gasteiger partial charge on any atom is -0.335 e. The van der Waals surface area contributed by atoms with Crippen LogP contribution in [0.5, 0.6) is 0 Å². The first-order valence-electron chi connectivity index (χ1n) is 8.97. The van der Waals surface area contributed by atoms with Crippen molar-refractivity contribution in [2.75, 3.05) is 11.4 Å². The molecule has 0 saturated carbocycles. The van der Waals surface area contributed by atoms with Crippen LogP contribution in [0.25, 0.3) is 0 Å². The molecule has 2 amide bonds. The van der Waals surface area contributed by atoms with E-state index in [9.17, 15) is 9.59 Å². The number of rotatable bonds is 1. The van der Waals surface area contributed by atoms with E-state index in [4.69, 9.17) is 0 Å². The fourth-order valence-corrected chi connectivity index (χ4v) is 4.69. The number of carbonyl (C=O) groups is 2. The van der Waals surface area contributed by atoms with Crippen molar-refractivity contribution in [3.8, 4) is 0 Å². The number of nitrogens with zero attached hydrogens (tertiary/aromatic N) is 2. The maximum absolute atomic E-state index is 13.1. The van der Waals surface area contributed by atoms with E-state index in [1.165, 1.54) is 0 Å². The summed E-state index contributed by atoms with van der Waals surface area (Å²) in [7, 11) is 0. The van der Waals surface area contributed by atoms with Crippen molar-refractivity contribution in [2.45, 2.75) is 38.3 Å². The van der Waals surface area contributed by atoms with Gasteiger partial charge in [0.05, 0.1) is 12.1 Å². The standard InChI is InChI=1S/C21H20N2O2/c1-13-8-9-14-16(11-13)21(25)23-17-6-3-2-5-15(17)18(12-19(14)23)22-10-4-7-20(22)24/h2-3,5-6,8-9,11,18-19H,4,7,10,12H2,1H3/t18-,19-/m0/s1. The Hall–Kier alpha value is -2.62. The van der Waals surface area contributed by atoms with Gasteiger partial charge in [-0.15, -0.1) is 0 Å². The number of hydrogen-bond donors (Lipinski definition) is 0. The van der Waals surface area contributed by atoms with Gasteiger partial charge < -0.3 is 9.80 Å². The smallest absolute Gasteiger partial charge is 0.259 e. The van der Waals surface area contributed by atoms with Gasteiger partial charge in [-0.3, -0.25) is 9.59 Å². The van der Waals surface area contributed by atoms with Gasteiger partial charge in [0.1, 0.15) is 0 Å². The summed E-state index contributed by atoms with van der Waals surface area (Å²) in [6.45, 7) is 2.84. The quantitative estimate of drug-likeness (QED) is 0.798. The molecule has 0 aromatic heterocycles. The van der Waals surface area contributed by atoms with E-state index in [0.29, 0.717) is 6.42 Å². The molecule has 2 atom stereocenters. The molecule has 5 rings (SSSR count). The van der Waals surface area contributed by atoms with Crippen LogP contribution in [0.4, 0.5) is 5.69 Å². The molecule has 1 saturated heterocycles. The third kappa shape index (κ3) is 2.00. The van der Waals surface area contributed by atoms with Gasteiger partial charge in [-0.05, 0) is 43.0 Å². The summed E-state index contributed by atoms with van der Waals surface area (Å²) in [5.41, 5.74) is 5.08. The molecule has 1 fully saturated rings. The second-order valence-corrected chi connectivity index (χ2v) is 7.28. The molecule has 4 heteroatoms. The predicted molar refractivity (Wildman–Crippen MR) is 95.5 cm³/mol. The predicted octanol–water partition coefficient (Wildman–Crippen LogP) is 3.76. The van der Waals surface area contributed by atoms with Gasteiger partial charge in [0.25, 0.3) is 5.91 Å². The van der Waals surface area contributed by atoms with E-state index in [1.54, 1.807) is 0 Å². The van der Waals surface area contributed by atoms with Crippen LogP contribution >= 0.6 is 0 Å². The number of benzene rings is 2. The van der Waals surface area contributed by atoms with Crippen molar-refractivity contribution in [1.82, 2.24) is 4.90 Å². The lowest BCUT2D eigenvalue weighted by molar-refractivity contribution is -0.130. The molecule has 0 bridgehead atoms. The zero-order chi connectivity index (χ0) is 17.1. The van der Waals surface area contributed by atoms with Gasteiger partial charge in [-0.25, -0.2) is 0 Å². The molecule has 3 aliphatic heterocycles. The summed E-state index contributed by atoms with van der Waals surface area (Å²) in [4.78, 5) is 29.4. The minimum atomic E-state index is 0.0244. The number of anilines is 1.